The third-order valence-corrected chi connectivity index (χ3v) is 4.59. The second kappa shape index (κ2) is 8.94. The van der Waals surface area contributed by atoms with Gasteiger partial charge in [0.2, 0.25) is 0 Å². The van der Waals surface area contributed by atoms with Crippen LogP contribution < -0.4 is 15.6 Å². The number of benzene rings is 1. The maximum Gasteiger partial charge on any atom is 0.187 e. The molecular weight excluding hydrogens is 336 g/mol. The van der Waals surface area contributed by atoms with E-state index in [1.807, 2.05) is 24.3 Å². The molecule has 0 bridgehead atoms. The van der Waals surface area contributed by atoms with Crippen molar-refractivity contribution in [1.29, 1.82) is 0 Å². The summed E-state index contributed by atoms with van der Waals surface area (Å²) in [6, 6.07) is 7.99. The Morgan fingerprint density at radius 1 is 1.32 bits per heavy atom. The molecule has 1 aliphatic rings. The molecule has 0 radical (unpaired) electrons. The van der Waals surface area contributed by atoms with Gasteiger partial charge < -0.3 is 19.4 Å². The number of aryl methyl sites for hydroxylation is 1. The fourth-order valence-corrected chi connectivity index (χ4v) is 3.13. The molecule has 0 amide bonds. The molecule has 1 aromatic carbocycles. The van der Waals surface area contributed by atoms with Gasteiger partial charge in [-0.25, -0.2) is 0 Å². The van der Waals surface area contributed by atoms with Crippen LogP contribution in [0.1, 0.15) is 18.2 Å². The minimum atomic E-state index is 0.537. The van der Waals surface area contributed by atoms with Crippen molar-refractivity contribution in [2.24, 2.45) is 5.10 Å². The summed E-state index contributed by atoms with van der Waals surface area (Å²) < 4.78 is 11.2. The van der Waals surface area contributed by atoms with Gasteiger partial charge in [-0.3, -0.25) is 5.43 Å². The number of fused-ring (bicyclic) bond motifs is 1. The Morgan fingerprint density at radius 3 is 2.92 bits per heavy atom. The molecule has 2 heterocycles. The van der Waals surface area contributed by atoms with Gasteiger partial charge in [-0.1, -0.05) is 25.1 Å². The number of ether oxygens (including phenoxy) is 1. The highest BCUT2D eigenvalue weighted by Gasteiger charge is 2.13. The van der Waals surface area contributed by atoms with E-state index in [1.165, 1.54) is 0 Å². The second-order valence-electron chi connectivity index (χ2n) is 6.03. The predicted octanol–water partition coefficient (Wildman–Crippen LogP) is 0.708. The lowest BCUT2D eigenvalue weighted by atomic mass is 10.1. The van der Waals surface area contributed by atoms with E-state index in [1.54, 1.807) is 11.1 Å². The Hall–Kier alpha value is -1.96. The topological polar surface area (TPSA) is 63.2 Å². The molecule has 7 heteroatoms. The molecule has 0 atom stereocenters. The van der Waals surface area contributed by atoms with Crippen molar-refractivity contribution in [1.82, 2.24) is 10.7 Å². The van der Waals surface area contributed by atoms with Gasteiger partial charge in [0.1, 0.15) is 24.4 Å². The monoisotopic (exact) mass is 361 g/mol. The number of rotatable bonds is 6. The molecule has 0 unspecified atom stereocenters. The molecule has 1 fully saturated rings. The zero-order chi connectivity index (χ0) is 17.5. The number of quaternary nitrogens is 1. The summed E-state index contributed by atoms with van der Waals surface area (Å²) >= 11 is 5.28. The van der Waals surface area contributed by atoms with Crippen LogP contribution in [-0.2, 0) is 11.2 Å². The largest absolute Gasteiger partial charge is 0.460 e. The Kier molecular flexibility index (Phi) is 6.38. The molecule has 0 aliphatic carbocycles. The van der Waals surface area contributed by atoms with Crippen LogP contribution in [0, 0.1) is 0 Å². The molecule has 3 rings (SSSR count). The van der Waals surface area contributed by atoms with Crippen LogP contribution in [-0.4, -0.2) is 50.7 Å². The zero-order valence-electron chi connectivity index (χ0n) is 14.5. The summed E-state index contributed by atoms with van der Waals surface area (Å²) in [5, 5.41) is 9.08. The number of nitrogens with one attached hydrogen (secondary N) is 3. The van der Waals surface area contributed by atoms with Crippen LogP contribution in [0.2, 0.25) is 0 Å². The zero-order valence-corrected chi connectivity index (χ0v) is 15.3. The number of nitrogens with zero attached hydrogens (tertiary/aromatic N) is 1. The molecule has 2 aromatic rings. The third-order valence-electron chi connectivity index (χ3n) is 4.36. The molecule has 134 valence electrons. The van der Waals surface area contributed by atoms with Crippen molar-refractivity contribution in [2.45, 2.75) is 13.3 Å². The van der Waals surface area contributed by atoms with Crippen molar-refractivity contribution in [3.05, 3.63) is 35.6 Å². The van der Waals surface area contributed by atoms with Crippen molar-refractivity contribution < 1.29 is 14.1 Å². The summed E-state index contributed by atoms with van der Waals surface area (Å²) in [7, 11) is 0. The Labute approximate surface area is 153 Å². The SMILES string of the molecule is CCc1oc2ccccc2c1/C=N\NC(=S)NCC[NH+]1CCOCC1. The van der Waals surface area contributed by atoms with Crippen LogP contribution in [0.25, 0.3) is 11.0 Å². The van der Waals surface area contributed by atoms with Gasteiger partial charge in [-0.05, 0) is 18.3 Å². The highest BCUT2D eigenvalue weighted by atomic mass is 32.1. The summed E-state index contributed by atoms with van der Waals surface area (Å²) in [5.41, 5.74) is 4.78. The maximum atomic E-state index is 5.86. The number of hydrazone groups is 1. The van der Waals surface area contributed by atoms with Crippen LogP contribution in [0.3, 0.4) is 0 Å². The van der Waals surface area contributed by atoms with Crippen LogP contribution in [0.5, 0.6) is 0 Å². The van der Waals surface area contributed by atoms with Crippen molar-refractivity contribution in [3.8, 4) is 0 Å². The molecule has 0 saturated carbocycles. The first-order valence-corrected chi connectivity index (χ1v) is 9.17. The Balaban J connectivity index is 1.50. The van der Waals surface area contributed by atoms with E-state index < -0.39 is 0 Å². The molecule has 25 heavy (non-hydrogen) atoms. The average molecular weight is 361 g/mol. The van der Waals surface area contributed by atoms with E-state index in [2.05, 4.69) is 22.8 Å². The average Bonchev–Trinajstić information content (AvgIpc) is 3.01. The molecule has 0 spiro atoms. The third kappa shape index (κ3) is 4.78. The van der Waals surface area contributed by atoms with Gasteiger partial charge in [-0.15, -0.1) is 0 Å². The Bertz CT molecular complexity index is 738. The van der Waals surface area contributed by atoms with E-state index >= 15 is 0 Å². The number of hydrogen-bond acceptors (Lipinski definition) is 4. The molecule has 1 aliphatic heterocycles. The molecule has 1 aromatic heterocycles. The number of morpholine rings is 1. The summed E-state index contributed by atoms with van der Waals surface area (Å²) in [5.74, 6) is 0.932. The van der Waals surface area contributed by atoms with E-state index in [0.717, 1.165) is 68.1 Å². The first kappa shape index (κ1) is 17.8. The van der Waals surface area contributed by atoms with Gasteiger partial charge in [-0.2, -0.15) is 5.10 Å². The van der Waals surface area contributed by atoms with E-state index in [0.29, 0.717) is 5.11 Å². The summed E-state index contributed by atoms with van der Waals surface area (Å²) in [6.07, 6.45) is 2.60. The molecular formula is C18H25N4O2S+. The maximum absolute atomic E-state index is 5.86. The highest BCUT2D eigenvalue weighted by molar-refractivity contribution is 7.80. The van der Waals surface area contributed by atoms with Crippen molar-refractivity contribution in [2.75, 3.05) is 39.4 Å². The lowest BCUT2D eigenvalue weighted by Crippen LogP contribution is -3.14. The van der Waals surface area contributed by atoms with E-state index in [9.17, 15) is 0 Å². The normalized spacial score (nSPS) is 15.7. The van der Waals surface area contributed by atoms with Gasteiger partial charge in [0.15, 0.2) is 5.11 Å². The molecule has 3 N–H and O–H groups in total. The van der Waals surface area contributed by atoms with E-state index in [-0.39, 0.29) is 0 Å². The van der Waals surface area contributed by atoms with Gasteiger partial charge in [0.05, 0.1) is 32.5 Å². The lowest BCUT2D eigenvalue weighted by Gasteiger charge is -2.23. The minimum Gasteiger partial charge on any atom is -0.460 e. The quantitative estimate of drug-likeness (QED) is 0.402. The minimum absolute atomic E-state index is 0.537. The van der Waals surface area contributed by atoms with Gasteiger partial charge in [0.25, 0.3) is 0 Å². The van der Waals surface area contributed by atoms with Gasteiger partial charge in [0, 0.05) is 17.4 Å². The number of thiocarbonyl (C=S) groups is 1. The lowest BCUT2D eigenvalue weighted by molar-refractivity contribution is -0.906. The number of furan rings is 1. The first-order chi connectivity index (χ1) is 12.3. The highest BCUT2D eigenvalue weighted by Crippen LogP contribution is 2.24. The fourth-order valence-electron chi connectivity index (χ4n) is 2.98. The van der Waals surface area contributed by atoms with Gasteiger partial charge >= 0.3 is 0 Å². The fraction of sp³-hybridized carbons (Fsp3) is 0.444. The summed E-state index contributed by atoms with van der Waals surface area (Å²) in [4.78, 5) is 1.54. The van der Waals surface area contributed by atoms with Crippen LogP contribution in [0.15, 0.2) is 33.8 Å². The molecule has 6 nitrogen and oxygen atoms in total. The standard InChI is InChI=1S/C18H24N4O2S/c1-2-16-15(14-5-3-4-6-17(14)24-16)13-20-21-18(25)19-7-8-22-9-11-23-12-10-22/h3-6,13H,2,7-12H2,1H3,(H2,19,21,25)/p+1/b20-13-. The van der Waals surface area contributed by atoms with Crippen LogP contribution in [0.4, 0.5) is 0 Å². The second-order valence-corrected chi connectivity index (χ2v) is 6.44. The smallest absolute Gasteiger partial charge is 0.187 e. The predicted molar refractivity (Wildman–Crippen MR) is 103 cm³/mol. The van der Waals surface area contributed by atoms with Crippen LogP contribution >= 0.6 is 12.2 Å². The van der Waals surface area contributed by atoms with E-state index in [4.69, 9.17) is 21.4 Å². The number of para-hydroxylation sites is 1. The Morgan fingerprint density at radius 2 is 2.12 bits per heavy atom. The first-order valence-electron chi connectivity index (χ1n) is 8.76. The van der Waals surface area contributed by atoms with Crippen molar-refractivity contribution in [3.63, 3.8) is 0 Å². The summed E-state index contributed by atoms with van der Waals surface area (Å²) in [6.45, 7) is 7.75. The molecule has 1 saturated heterocycles. The van der Waals surface area contributed by atoms with Crippen molar-refractivity contribution >= 4 is 34.5 Å². The number of hydrogen-bond donors (Lipinski definition) is 3.